The number of hydrogen-bond donors (Lipinski definition) is 1. The van der Waals surface area contributed by atoms with Crippen LogP contribution in [-0.2, 0) is 14.8 Å². The molecule has 0 aromatic heterocycles. The van der Waals surface area contributed by atoms with Crippen molar-refractivity contribution in [2.75, 3.05) is 26.3 Å². The molecule has 0 radical (unpaired) electrons. The molecule has 6 nitrogen and oxygen atoms in total. The first-order chi connectivity index (χ1) is 10.6. The van der Waals surface area contributed by atoms with E-state index in [2.05, 4.69) is 5.32 Å². The lowest BCUT2D eigenvalue weighted by Crippen LogP contribution is -2.41. The third-order valence-corrected chi connectivity index (χ3v) is 5.44. The van der Waals surface area contributed by atoms with Crippen molar-refractivity contribution in [2.24, 2.45) is 0 Å². The lowest BCUT2D eigenvalue weighted by molar-refractivity contribution is 0.0730. The number of hydrogen-bond acceptors (Lipinski definition) is 4. The monoisotopic (exact) mass is 340 g/mol. The Morgan fingerprint density at radius 1 is 1.22 bits per heavy atom. The molecule has 1 aliphatic heterocycles. The molecule has 128 valence electrons. The van der Waals surface area contributed by atoms with E-state index >= 15 is 0 Å². The third kappa shape index (κ3) is 4.31. The summed E-state index contributed by atoms with van der Waals surface area (Å²) in [5, 5.41) is 2.87. The summed E-state index contributed by atoms with van der Waals surface area (Å²) in [4.78, 5) is 12.5. The SMILES string of the molecule is Cc1ccc(S(=O)(=O)N2CCOCC2)cc1C(=O)NC(C)(C)C. The zero-order valence-corrected chi connectivity index (χ0v) is 14.9. The minimum atomic E-state index is -3.61. The van der Waals surface area contributed by atoms with Crippen LogP contribution in [0.1, 0.15) is 36.7 Å². The average Bonchev–Trinajstić information content (AvgIpc) is 2.46. The van der Waals surface area contributed by atoms with Crippen LogP contribution < -0.4 is 5.32 Å². The standard InChI is InChI=1S/C16H24N2O4S/c1-12-5-6-13(11-14(12)15(19)17-16(2,3)4)23(20,21)18-7-9-22-10-8-18/h5-6,11H,7-10H2,1-4H3,(H,17,19). The minimum absolute atomic E-state index is 0.143. The normalized spacial score (nSPS) is 17.0. The first-order valence-electron chi connectivity index (χ1n) is 7.62. The van der Waals surface area contributed by atoms with Gasteiger partial charge in [-0.1, -0.05) is 6.07 Å². The van der Waals surface area contributed by atoms with Gasteiger partial charge in [0.05, 0.1) is 18.1 Å². The first kappa shape index (κ1) is 17.9. The summed E-state index contributed by atoms with van der Waals surface area (Å²) in [5.74, 6) is -0.269. The molecule has 0 saturated carbocycles. The van der Waals surface area contributed by atoms with Crippen molar-refractivity contribution < 1.29 is 17.9 Å². The number of benzene rings is 1. The van der Waals surface area contributed by atoms with Crippen LogP contribution in [0, 0.1) is 6.92 Å². The highest BCUT2D eigenvalue weighted by molar-refractivity contribution is 7.89. The summed E-state index contributed by atoms with van der Waals surface area (Å²) in [6.45, 7) is 8.89. The van der Waals surface area contributed by atoms with Crippen LogP contribution in [-0.4, -0.2) is 50.5 Å². The Labute approximate surface area is 137 Å². The molecule has 0 aliphatic carbocycles. The molecule has 1 amide bonds. The average molecular weight is 340 g/mol. The van der Waals surface area contributed by atoms with Crippen molar-refractivity contribution in [3.05, 3.63) is 29.3 Å². The van der Waals surface area contributed by atoms with Crippen LogP contribution in [0.15, 0.2) is 23.1 Å². The van der Waals surface area contributed by atoms with Gasteiger partial charge in [0.15, 0.2) is 0 Å². The van der Waals surface area contributed by atoms with E-state index < -0.39 is 10.0 Å². The molecular weight excluding hydrogens is 316 g/mol. The largest absolute Gasteiger partial charge is 0.379 e. The van der Waals surface area contributed by atoms with Crippen LogP contribution in [0.25, 0.3) is 0 Å². The Hall–Kier alpha value is -1.44. The van der Waals surface area contributed by atoms with E-state index in [1.807, 2.05) is 20.8 Å². The number of morpholine rings is 1. The third-order valence-electron chi connectivity index (χ3n) is 3.55. The smallest absolute Gasteiger partial charge is 0.251 e. The molecule has 1 aliphatic rings. The van der Waals surface area contributed by atoms with Gasteiger partial charge in [-0.15, -0.1) is 0 Å². The number of amides is 1. The molecule has 1 heterocycles. The highest BCUT2D eigenvalue weighted by Gasteiger charge is 2.27. The van der Waals surface area contributed by atoms with Crippen LogP contribution in [0.3, 0.4) is 0 Å². The molecule has 0 spiro atoms. The number of nitrogens with zero attached hydrogens (tertiary/aromatic N) is 1. The fourth-order valence-corrected chi connectivity index (χ4v) is 3.78. The van der Waals surface area contributed by atoms with Gasteiger partial charge >= 0.3 is 0 Å². The predicted octanol–water partition coefficient (Wildman–Crippen LogP) is 1.54. The van der Waals surface area contributed by atoms with Crippen molar-refractivity contribution in [2.45, 2.75) is 38.1 Å². The molecule has 1 fully saturated rings. The van der Waals surface area contributed by atoms with E-state index in [0.717, 1.165) is 5.56 Å². The molecule has 0 bridgehead atoms. The van der Waals surface area contributed by atoms with Gasteiger partial charge in [-0.05, 0) is 45.4 Å². The number of ether oxygens (including phenoxy) is 1. The van der Waals surface area contributed by atoms with Gasteiger partial charge in [-0.2, -0.15) is 4.31 Å². The molecule has 0 unspecified atom stereocenters. The van der Waals surface area contributed by atoms with E-state index in [0.29, 0.717) is 31.9 Å². The number of carbonyl (C=O) groups is 1. The van der Waals surface area contributed by atoms with E-state index in [-0.39, 0.29) is 16.3 Å². The molecule has 1 aromatic rings. The Kier molecular flexibility index (Phi) is 5.13. The second-order valence-electron chi connectivity index (χ2n) is 6.70. The van der Waals surface area contributed by atoms with Crippen molar-refractivity contribution in [1.29, 1.82) is 0 Å². The summed E-state index contributed by atoms with van der Waals surface area (Å²) in [6, 6.07) is 4.68. The lowest BCUT2D eigenvalue weighted by Gasteiger charge is -2.26. The molecule has 1 aromatic carbocycles. The lowest BCUT2D eigenvalue weighted by atomic mass is 10.0. The number of sulfonamides is 1. The number of aryl methyl sites for hydroxylation is 1. The highest BCUT2D eigenvalue weighted by atomic mass is 32.2. The van der Waals surface area contributed by atoms with E-state index in [1.54, 1.807) is 19.1 Å². The van der Waals surface area contributed by atoms with Crippen molar-refractivity contribution in [3.63, 3.8) is 0 Å². The van der Waals surface area contributed by atoms with Crippen molar-refractivity contribution in [1.82, 2.24) is 9.62 Å². The van der Waals surface area contributed by atoms with Gasteiger partial charge in [0.2, 0.25) is 10.0 Å². The van der Waals surface area contributed by atoms with Crippen LogP contribution in [0.2, 0.25) is 0 Å². The van der Waals surface area contributed by atoms with Crippen molar-refractivity contribution >= 4 is 15.9 Å². The van der Waals surface area contributed by atoms with Gasteiger partial charge in [-0.3, -0.25) is 4.79 Å². The molecule has 7 heteroatoms. The predicted molar refractivity (Wildman–Crippen MR) is 88.0 cm³/mol. The van der Waals surface area contributed by atoms with Gasteiger partial charge in [0.25, 0.3) is 5.91 Å². The van der Waals surface area contributed by atoms with Crippen LogP contribution in [0.5, 0.6) is 0 Å². The molecule has 1 saturated heterocycles. The summed E-state index contributed by atoms with van der Waals surface area (Å²) >= 11 is 0. The summed E-state index contributed by atoms with van der Waals surface area (Å²) < 4.78 is 32.0. The fraction of sp³-hybridized carbons (Fsp3) is 0.562. The maximum Gasteiger partial charge on any atom is 0.251 e. The zero-order valence-electron chi connectivity index (χ0n) is 14.0. The zero-order chi connectivity index (χ0) is 17.3. The Balaban J connectivity index is 2.34. The quantitative estimate of drug-likeness (QED) is 0.906. The Bertz CT molecular complexity index is 687. The van der Waals surface area contributed by atoms with E-state index in [1.165, 1.54) is 10.4 Å². The maximum atomic E-state index is 12.7. The molecule has 23 heavy (non-hydrogen) atoms. The van der Waals surface area contributed by atoms with E-state index in [9.17, 15) is 13.2 Å². The Morgan fingerprint density at radius 2 is 1.83 bits per heavy atom. The number of carbonyl (C=O) groups excluding carboxylic acids is 1. The minimum Gasteiger partial charge on any atom is -0.379 e. The molecule has 0 atom stereocenters. The topological polar surface area (TPSA) is 75.7 Å². The summed E-state index contributed by atoms with van der Waals surface area (Å²) in [6.07, 6.45) is 0. The summed E-state index contributed by atoms with van der Waals surface area (Å²) in [5.41, 5.74) is 0.740. The summed E-state index contributed by atoms with van der Waals surface area (Å²) in [7, 11) is -3.61. The first-order valence-corrected chi connectivity index (χ1v) is 9.06. The fourth-order valence-electron chi connectivity index (χ4n) is 2.35. The van der Waals surface area contributed by atoms with E-state index in [4.69, 9.17) is 4.74 Å². The van der Waals surface area contributed by atoms with Gasteiger partial charge in [0, 0.05) is 24.2 Å². The van der Waals surface area contributed by atoms with Gasteiger partial charge in [0.1, 0.15) is 0 Å². The second-order valence-corrected chi connectivity index (χ2v) is 8.64. The molecule has 2 rings (SSSR count). The highest BCUT2D eigenvalue weighted by Crippen LogP contribution is 2.21. The van der Waals surface area contributed by atoms with Crippen LogP contribution in [0.4, 0.5) is 0 Å². The maximum absolute atomic E-state index is 12.7. The second kappa shape index (κ2) is 6.59. The Morgan fingerprint density at radius 3 is 2.39 bits per heavy atom. The van der Waals surface area contributed by atoms with Gasteiger partial charge < -0.3 is 10.1 Å². The molecular formula is C16H24N2O4S. The van der Waals surface area contributed by atoms with Crippen molar-refractivity contribution in [3.8, 4) is 0 Å². The number of nitrogens with one attached hydrogen (secondary N) is 1. The number of rotatable bonds is 3. The van der Waals surface area contributed by atoms with Gasteiger partial charge in [-0.25, -0.2) is 8.42 Å². The molecule has 1 N–H and O–H groups in total. The van der Waals surface area contributed by atoms with Crippen LogP contribution >= 0.6 is 0 Å².